The zero-order valence-electron chi connectivity index (χ0n) is 14.8. The lowest BCUT2D eigenvalue weighted by Crippen LogP contribution is -2.51. The summed E-state index contributed by atoms with van der Waals surface area (Å²) in [6.45, 7) is 1.45. The van der Waals surface area contributed by atoms with Gasteiger partial charge < -0.3 is 25.0 Å². The molecule has 25 heavy (non-hydrogen) atoms. The number of hydrogen-bond acceptors (Lipinski definition) is 5. The van der Waals surface area contributed by atoms with E-state index in [1.54, 1.807) is 45.5 Å². The van der Waals surface area contributed by atoms with Crippen molar-refractivity contribution >= 4 is 29.9 Å². The third kappa shape index (κ3) is 5.59. The molecule has 0 saturated carbocycles. The van der Waals surface area contributed by atoms with Crippen molar-refractivity contribution in [1.29, 1.82) is 0 Å². The van der Waals surface area contributed by atoms with Crippen molar-refractivity contribution in [3.05, 3.63) is 24.3 Å². The standard InChI is InChI=1S/C17H25N3O4.ClH/c1-20(2)15(21)12-24-14-6-4-5-13(11-14)19-16(22)17(23-3)7-9-18-10-8-17;/h4-6,11,18H,7-10,12H2,1-3H3,(H,19,22);1H. The molecule has 140 valence electrons. The lowest BCUT2D eigenvalue weighted by molar-refractivity contribution is -0.140. The fourth-order valence-electron chi connectivity index (χ4n) is 2.54. The molecule has 0 aliphatic carbocycles. The number of amides is 2. The van der Waals surface area contributed by atoms with E-state index in [9.17, 15) is 9.59 Å². The van der Waals surface area contributed by atoms with Crippen molar-refractivity contribution in [3.8, 4) is 5.75 Å². The van der Waals surface area contributed by atoms with Crippen LogP contribution in [0.25, 0.3) is 0 Å². The SMILES string of the molecule is COC1(C(=O)Nc2cccc(OCC(=O)N(C)C)c2)CCNCC1.Cl. The maximum Gasteiger partial charge on any atom is 0.259 e. The number of rotatable bonds is 6. The van der Waals surface area contributed by atoms with Gasteiger partial charge in [-0.05, 0) is 38.1 Å². The van der Waals surface area contributed by atoms with Crippen LogP contribution in [-0.2, 0) is 14.3 Å². The van der Waals surface area contributed by atoms with E-state index in [-0.39, 0.29) is 30.8 Å². The summed E-state index contributed by atoms with van der Waals surface area (Å²) in [5, 5.41) is 6.11. The maximum absolute atomic E-state index is 12.6. The van der Waals surface area contributed by atoms with Crippen molar-refractivity contribution in [2.24, 2.45) is 0 Å². The number of nitrogens with one attached hydrogen (secondary N) is 2. The molecule has 2 rings (SSSR count). The van der Waals surface area contributed by atoms with Crippen LogP contribution >= 0.6 is 12.4 Å². The van der Waals surface area contributed by atoms with E-state index >= 15 is 0 Å². The molecule has 0 bridgehead atoms. The molecule has 0 radical (unpaired) electrons. The minimum absolute atomic E-state index is 0. The number of carbonyl (C=O) groups excluding carboxylic acids is 2. The predicted octanol–water partition coefficient (Wildman–Crippen LogP) is 1.28. The zero-order valence-corrected chi connectivity index (χ0v) is 15.6. The highest BCUT2D eigenvalue weighted by atomic mass is 35.5. The molecular formula is C17H26ClN3O4. The summed E-state index contributed by atoms with van der Waals surface area (Å²) < 4.78 is 11.0. The average molecular weight is 372 g/mol. The summed E-state index contributed by atoms with van der Waals surface area (Å²) in [7, 11) is 4.91. The number of carbonyl (C=O) groups is 2. The third-order valence-corrected chi connectivity index (χ3v) is 4.17. The Hall–Kier alpha value is -1.83. The summed E-state index contributed by atoms with van der Waals surface area (Å²) in [5.41, 5.74) is -0.187. The van der Waals surface area contributed by atoms with Gasteiger partial charge >= 0.3 is 0 Å². The predicted molar refractivity (Wildman–Crippen MR) is 98.4 cm³/mol. The second kappa shape index (κ2) is 9.60. The summed E-state index contributed by atoms with van der Waals surface area (Å²) in [4.78, 5) is 25.7. The van der Waals surface area contributed by atoms with Gasteiger partial charge in [0.15, 0.2) is 6.61 Å². The Bertz CT molecular complexity index is 589. The molecule has 1 aliphatic heterocycles. The van der Waals surface area contributed by atoms with E-state index in [4.69, 9.17) is 9.47 Å². The molecule has 1 aromatic carbocycles. The molecule has 1 fully saturated rings. The third-order valence-electron chi connectivity index (χ3n) is 4.17. The van der Waals surface area contributed by atoms with Crippen molar-refractivity contribution in [2.75, 3.05) is 46.2 Å². The molecule has 2 amide bonds. The number of halogens is 1. The van der Waals surface area contributed by atoms with Gasteiger partial charge in [0.2, 0.25) is 0 Å². The Balaban J connectivity index is 0.00000312. The quantitative estimate of drug-likeness (QED) is 0.787. The van der Waals surface area contributed by atoms with E-state index in [1.165, 1.54) is 4.90 Å². The second-order valence-electron chi connectivity index (χ2n) is 6.01. The first-order valence-electron chi connectivity index (χ1n) is 7.97. The Morgan fingerprint density at radius 2 is 1.96 bits per heavy atom. The summed E-state index contributed by atoms with van der Waals surface area (Å²) in [6, 6.07) is 7.00. The van der Waals surface area contributed by atoms with Crippen molar-refractivity contribution in [3.63, 3.8) is 0 Å². The largest absolute Gasteiger partial charge is 0.484 e. The van der Waals surface area contributed by atoms with E-state index < -0.39 is 5.60 Å². The van der Waals surface area contributed by atoms with Crippen LogP contribution in [0.4, 0.5) is 5.69 Å². The molecule has 1 saturated heterocycles. The molecule has 0 spiro atoms. The van der Waals surface area contributed by atoms with Crippen LogP contribution in [0.2, 0.25) is 0 Å². The first-order chi connectivity index (χ1) is 11.5. The van der Waals surface area contributed by atoms with Crippen molar-refractivity contribution in [1.82, 2.24) is 10.2 Å². The first-order valence-corrected chi connectivity index (χ1v) is 7.97. The lowest BCUT2D eigenvalue weighted by Gasteiger charge is -2.34. The highest BCUT2D eigenvalue weighted by Crippen LogP contribution is 2.25. The average Bonchev–Trinajstić information content (AvgIpc) is 2.60. The van der Waals surface area contributed by atoms with Gasteiger partial charge in [-0.25, -0.2) is 0 Å². The van der Waals surface area contributed by atoms with Gasteiger partial charge in [-0.1, -0.05) is 6.07 Å². The fourth-order valence-corrected chi connectivity index (χ4v) is 2.54. The molecule has 0 aromatic heterocycles. The Morgan fingerprint density at radius 1 is 1.28 bits per heavy atom. The molecule has 1 aromatic rings. The zero-order chi connectivity index (χ0) is 17.6. The summed E-state index contributed by atoms with van der Waals surface area (Å²) in [6.07, 6.45) is 1.26. The highest BCUT2D eigenvalue weighted by molar-refractivity contribution is 5.97. The number of methoxy groups -OCH3 is 1. The van der Waals surface area contributed by atoms with Gasteiger partial charge in [-0.3, -0.25) is 9.59 Å². The molecule has 0 atom stereocenters. The van der Waals surface area contributed by atoms with Crippen LogP contribution in [0.3, 0.4) is 0 Å². The number of ether oxygens (including phenoxy) is 2. The number of benzene rings is 1. The van der Waals surface area contributed by atoms with E-state index in [2.05, 4.69) is 10.6 Å². The lowest BCUT2D eigenvalue weighted by atomic mass is 9.91. The fraction of sp³-hybridized carbons (Fsp3) is 0.529. The van der Waals surface area contributed by atoms with Gasteiger partial charge in [-0.2, -0.15) is 0 Å². The number of anilines is 1. The van der Waals surface area contributed by atoms with Gasteiger partial charge in [0.1, 0.15) is 11.4 Å². The van der Waals surface area contributed by atoms with Crippen LogP contribution < -0.4 is 15.4 Å². The maximum atomic E-state index is 12.6. The molecule has 2 N–H and O–H groups in total. The van der Waals surface area contributed by atoms with Crippen LogP contribution in [0.15, 0.2) is 24.3 Å². The normalized spacial score (nSPS) is 15.6. The van der Waals surface area contributed by atoms with E-state index in [0.717, 1.165) is 13.1 Å². The minimum Gasteiger partial charge on any atom is -0.484 e. The summed E-state index contributed by atoms with van der Waals surface area (Å²) >= 11 is 0. The van der Waals surface area contributed by atoms with Gasteiger partial charge in [-0.15, -0.1) is 12.4 Å². The van der Waals surface area contributed by atoms with Crippen LogP contribution in [0.5, 0.6) is 5.75 Å². The van der Waals surface area contributed by atoms with Gasteiger partial charge in [0, 0.05) is 33.0 Å². The van der Waals surface area contributed by atoms with Crippen molar-refractivity contribution in [2.45, 2.75) is 18.4 Å². The highest BCUT2D eigenvalue weighted by Gasteiger charge is 2.39. The molecule has 0 unspecified atom stereocenters. The van der Waals surface area contributed by atoms with E-state index in [1.807, 2.05) is 0 Å². The topological polar surface area (TPSA) is 79.9 Å². The summed E-state index contributed by atoms with van der Waals surface area (Å²) in [5.74, 6) is 0.241. The molecule has 7 nitrogen and oxygen atoms in total. The molecule has 1 heterocycles. The van der Waals surface area contributed by atoms with Gasteiger partial charge in [0.05, 0.1) is 0 Å². The van der Waals surface area contributed by atoms with Crippen LogP contribution in [-0.4, -0.2) is 63.2 Å². The Morgan fingerprint density at radius 3 is 2.56 bits per heavy atom. The number of nitrogens with zero attached hydrogens (tertiary/aromatic N) is 1. The smallest absolute Gasteiger partial charge is 0.259 e. The van der Waals surface area contributed by atoms with Crippen LogP contribution in [0, 0.1) is 0 Å². The minimum atomic E-state index is -0.803. The Kier molecular flexibility index (Phi) is 8.15. The number of hydrogen-bond donors (Lipinski definition) is 2. The second-order valence-corrected chi connectivity index (χ2v) is 6.01. The van der Waals surface area contributed by atoms with E-state index in [0.29, 0.717) is 24.3 Å². The van der Waals surface area contributed by atoms with Gasteiger partial charge in [0.25, 0.3) is 11.8 Å². The molecule has 8 heteroatoms. The number of piperidine rings is 1. The monoisotopic (exact) mass is 371 g/mol. The molecule has 1 aliphatic rings. The van der Waals surface area contributed by atoms with Crippen molar-refractivity contribution < 1.29 is 19.1 Å². The molecular weight excluding hydrogens is 346 g/mol. The Labute approximate surface area is 154 Å². The number of likely N-dealkylation sites (N-methyl/N-ethyl adjacent to an activating group) is 1. The van der Waals surface area contributed by atoms with Crippen LogP contribution in [0.1, 0.15) is 12.8 Å². The first kappa shape index (κ1) is 21.2.